The molecule has 0 saturated heterocycles. The summed E-state index contributed by atoms with van der Waals surface area (Å²) in [6.45, 7) is 10.4. The summed E-state index contributed by atoms with van der Waals surface area (Å²) in [5, 5.41) is 0. The Bertz CT molecular complexity index is 833. The van der Waals surface area contributed by atoms with E-state index in [9.17, 15) is 0 Å². The molecule has 134 valence electrons. The van der Waals surface area contributed by atoms with Gasteiger partial charge >= 0.3 is 0 Å². The molecule has 2 aromatic rings. The lowest BCUT2D eigenvalue weighted by molar-refractivity contribution is 0.312. The van der Waals surface area contributed by atoms with Crippen molar-refractivity contribution in [2.45, 2.75) is 46.5 Å². The molecule has 0 amide bonds. The molecule has 1 saturated carbocycles. The summed E-state index contributed by atoms with van der Waals surface area (Å²) >= 11 is 0. The normalized spacial score (nSPS) is 15.7. The summed E-state index contributed by atoms with van der Waals surface area (Å²) < 4.78 is 0. The van der Waals surface area contributed by atoms with E-state index in [-0.39, 0.29) is 0 Å². The Morgan fingerprint density at radius 3 is 2.50 bits per heavy atom. The monoisotopic (exact) mass is 343 g/mol. The fourth-order valence-electron chi connectivity index (χ4n) is 3.68. The summed E-state index contributed by atoms with van der Waals surface area (Å²) in [6.07, 6.45) is 13.4. The Labute approximate surface area is 158 Å². The van der Waals surface area contributed by atoms with Crippen molar-refractivity contribution < 1.29 is 0 Å². The first kappa shape index (κ1) is 18.4. The van der Waals surface area contributed by atoms with Gasteiger partial charge in [-0.05, 0) is 67.0 Å². The fourth-order valence-corrected chi connectivity index (χ4v) is 3.68. The van der Waals surface area contributed by atoms with Gasteiger partial charge in [0.15, 0.2) is 0 Å². The molecule has 3 rings (SSSR count). The largest absolute Gasteiger partial charge is 0.261 e. The lowest BCUT2D eigenvalue weighted by Gasteiger charge is -2.24. The van der Waals surface area contributed by atoms with Gasteiger partial charge in [-0.1, -0.05) is 68.3 Å². The molecule has 1 aliphatic rings. The zero-order valence-corrected chi connectivity index (χ0v) is 16.3. The molecule has 26 heavy (non-hydrogen) atoms. The van der Waals surface area contributed by atoms with Gasteiger partial charge in [0.2, 0.25) is 0 Å². The van der Waals surface area contributed by atoms with Crippen molar-refractivity contribution in [1.82, 2.24) is 4.98 Å². The van der Waals surface area contributed by atoms with Gasteiger partial charge in [-0.2, -0.15) is 0 Å². The van der Waals surface area contributed by atoms with Gasteiger partial charge in [0.1, 0.15) is 0 Å². The third kappa shape index (κ3) is 4.04. The van der Waals surface area contributed by atoms with Crippen LogP contribution >= 0.6 is 0 Å². The van der Waals surface area contributed by atoms with Crippen LogP contribution in [0.3, 0.4) is 0 Å². The molecule has 0 atom stereocenters. The Balaban J connectivity index is 1.84. The second kappa shape index (κ2) is 8.31. The number of allylic oxidation sites excluding steroid dienone is 5. The van der Waals surface area contributed by atoms with Gasteiger partial charge in [-0.15, -0.1) is 0 Å². The maximum absolute atomic E-state index is 4.70. The number of aromatic nitrogens is 1. The number of hydrogen-bond acceptors (Lipinski definition) is 1. The van der Waals surface area contributed by atoms with E-state index in [0.717, 1.165) is 12.3 Å². The second-order valence-corrected chi connectivity index (χ2v) is 7.37. The van der Waals surface area contributed by atoms with Crippen molar-refractivity contribution in [1.29, 1.82) is 0 Å². The van der Waals surface area contributed by atoms with E-state index in [4.69, 9.17) is 4.98 Å². The van der Waals surface area contributed by atoms with Gasteiger partial charge in [-0.3, -0.25) is 4.98 Å². The molecule has 0 bridgehead atoms. The number of hydrogen-bond donors (Lipinski definition) is 0. The third-order valence-corrected chi connectivity index (χ3v) is 5.44. The van der Waals surface area contributed by atoms with Crippen LogP contribution in [-0.4, -0.2) is 4.98 Å². The molecule has 1 aromatic heterocycles. The quantitative estimate of drug-likeness (QED) is 0.518. The Hall–Kier alpha value is -2.41. The van der Waals surface area contributed by atoms with Crippen molar-refractivity contribution >= 4 is 5.57 Å². The molecule has 0 unspecified atom stereocenters. The highest BCUT2D eigenvalue weighted by Gasteiger charge is 2.18. The molecular weight excluding hydrogens is 314 g/mol. The zero-order chi connectivity index (χ0) is 18.5. The van der Waals surface area contributed by atoms with Crippen LogP contribution in [0.2, 0.25) is 0 Å². The van der Waals surface area contributed by atoms with Crippen molar-refractivity contribution in [3.63, 3.8) is 0 Å². The fraction of sp³-hybridized carbons (Fsp3) is 0.320. The Morgan fingerprint density at radius 2 is 1.96 bits per heavy atom. The van der Waals surface area contributed by atoms with E-state index < -0.39 is 0 Å². The number of nitrogens with zero attached hydrogens (tertiary/aromatic N) is 1. The number of pyridine rings is 1. The average molecular weight is 344 g/mol. The molecule has 1 aromatic carbocycles. The minimum Gasteiger partial charge on any atom is -0.261 e. The first-order valence-electron chi connectivity index (χ1n) is 9.64. The molecule has 1 aliphatic carbocycles. The van der Waals surface area contributed by atoms with Gasteiger partial charge in [0, 0.05) is 17.5 Å². The van der Waals surface area contributed by atoms with E-state index in [2.05, 4.69) is 62.9 Å². The van der Waals surface area contributed by atoms with Crippen molar-refractivity contribution in [3.8, 4) is 11.1 Å². The van der Waals surface area contributed by atoms with Crippen LogP contribution < -0.4 is 0 Å². The van der Waals surface area contributed by atoms with Crippen molar-refractivity contribution in [2.75, 3.05) is 0 Å². The molecule has 1 nitrogen and oxygen atoms in total. The smallest absolute Gasteiger partial charge is 0.0406 e. The van der Waals surface area contributed by atoms with Crippen LogP contribution in [0.15, 0.2) is 66.9 Å². The van der Waals surface area contributed by atoms with E-state index in [1.165, 1.54) is 58.4 Å². The summed E-state index contributed by atoms with van der Waals surface area (Å²) in [7, 11) is 0. The summed E-state index contributed by atoms with van der Waals surface area (Å²) in [4.78, 5) is 4.70. The molecule has 1 fully saturated rings. The van der Waals surface area contributed by atoms with Crippen LogP contribution in [0.1, 0.15) is 49.9 Å². The Kier molecular flexibility index (Phi) is 5.88. The van der Waals surface area contributed by atoms with Crippen LogP contribution in [0.5, 0.6) is 0 Å². The van der Waals surface area contributed by atoms with Gasteiger partial charge < -0.3 is 0 Å². The highest BCUT2D eigenvalue weighted by Crippen LogP contribution is 2.31. The molecule has 0 spiro atoms. The number of benzene rings is 1. The minimum atomic E-state index is 0.861. The molecule has 1 heterocycles. The summed E-state index contributed by atoms with van der Waals surface area (Å²) in [5.74, 6) is 0.861. The first-order valence-corrected chi connectivity index (χ1v) is 9.64. The first-order chi connectivity index (χ1) is 12.6. The molecule has 0 aliphatic heterocycles. The zero-order valence-electron chi connectivity index (χ0n) is 16.3. The highest BCUT2D eigenvalue weighted by atomic mass is 14.7. The molecule has 1 heteroatoms. The topological polar surface area (TPSA) is 12.9 Å². The molecule has 0 radical (unpaired) electrons. The van der Waals surface area contributed by atoms with E-state index in [0.29, 0.717) is 0 Å². The number of rotatable bonds is 6. The SMILES string of the molecule is C=C/C(=C(C)\C=C/C)c1ccc(-c2ccc(CC3CCC3)nc2)cc1C. The second-order valence-electron chi connectivity index (χ2n) is 7.37. The van der Waals surface area contributed by atoms with Crippen molar-refractivity contribution in [3.05, 3.63) is 83.7 Å². The highest BCUT2D eigenvalue weighted by molar-refractivity contribution is 5.81. The van der Waals surface area contributed by atoms with Crippen LogP contribution in [0.4, 0.5) is 0 Å². The lowest BCUT2D eigenvalue weighted by Crippen LogP contribution is -2.14. The predicted molar refractivity (Wildman–Crippen MR) is 113 cm³/mol. The van der Waals surface area contributed by atoms with E-state index >= 15 is 0 Å². The average Bonchev–Trinajstić information content (AvgIpc) is 2.61. The van der Waals surface area contributed by atoms with Gasteiger partial charge in [0.05, 0.1) is 0 Å². The van der Waals surface area contributed by atoms with Gasteiger partial charge in [0.25, 0.3) is 0 Å². The lowest BCUT2D eigenvalue weighted by atomic mass is 9.82. The van der Waals surface area contributed by atoms with Crippen LogP contribution in [-0.2, 0) is 6.42 Å². The number of aryl methyl sites for hydroxylation is 1. The summed E-state index contributed by atoms with van der Waals surface area (Å²) in [6, 6.07) is 11.1. The maximum atomic E-state index is 4.70. The Morgan fingerprint density at radius 1 is 1.19 bits per heavy atom. The van der Waals surface area contributed by atoms with E-state index in [1.54, 1.807) is 0 Å². The third-order valence-electron chi connectivity index (χ3n) is 5.44. The molecular formula is C25H29N. The maximum Gasteiger partial charge on any atom is 0.0406 e. The molecule has 0 N–H and O–H groups in total. The summed E-state index contributed by atoms with van der Waals surface area (Å²) in [5.41, 5.74) is 8.58. The van der Waals surface area contributed by atoms with Crippen molar-refractivity contribution in [2.24, 2.45) is 5.92 Å². The predicted octanol–water partition coefficient (Wildman–Crippen LogP) is 6.94. The van der Waals surface area contributed by atoms with Crippen LogP contribution in [0, 0.1) is 12.8 Å². The van der Waals surface area contributed by atoms with E-state index in [1.807, 2.05) is 19.2 Å². The standard InChI is InChI=1S/C25H29N/c1-5-8-18(3)24(6-2)25-14-12-21(15-19(25)4)22-11-13-23(26-17-22)16-20-9-7-10-20/h5-6,8,11-15,17,20H,2,7,9-10,16H2,1,3-4H3/b8-5-,24-18+. The van der Waals surface area contributed by atoms with Gasteiger partial charge in [-0.25, -0.2) is 0 Å². The van der Waals surface area contributed by atoms with Crippen LogP contribution in [0.25, 0.3) is 16.7 Å². The minimum absolute atomic E-state index is 0.861.